The highest BCUT2D eigenvalue weighted by atomic mass is 16.5. The minimum Gasteiger partial charge on any atom is -0.494 e. The van der Waals surface area contributed by atoms with Crippen LogP contribution in [0.2, 0.25) is 0 Å². The predicted octanol–water partition coefficient (Wildman–Crippen LogP) is 4.17. The van der Waals surface area contributed by atoms with Crippen molar-refractivity contribution >= 4 is 11.6 Å². The highest BCUT2D eigenvalue weighted by Gasteiger charge is 2.24. The molecule has 26 heavy (non-hydrogen) atoms. The SMILES string of the molecule is CC1CCCC(C(=O)Nc2cccc(OCCCc3ccccc3)c2)N1. The number of hydrogen-bond acceptors (Lipinski definition) is 3. The van der Waals surface area contributed by atoms with E-state index in [-0.39, 0.29) is 11.9 Å². The van der Waals surface area contributed by atoms with Crippen LogP contribution in [0.4, 0.5) is 5.69 Å². The van der Waals surface area contributed by atoms with Crippen LogP contribution in [-0.4, -0.2) is 24.6 Å². The van der Waals surface area contributed by atoms with Gasteiger partial charge in [-0.05, 0) is 56.7 Å². The van der Waals surface area contributed by atoms with Crippen molar-refractivity contribution in [2.24, 2.45) is 0 Å². The maximum absolute atomic E-state index is 12.4. The Kier molecular flexibility index (Phi) is 6.67. The van der Waals surface area contributed by atoms with Crippen LogP contribution in [0.1, 0.15) is 38.2 Å². The molecular weight excluding hydrogens is 324 g/mol. The van der Waals surface area contributed by atoms with Crippen LogP contribution in [0, 0.1) is 0 Å². The summed E-state index contributed by atoms with van der Waals surface area (Å²) in [4.78, 5) is 12.4. The maximum Gasteiger partial charge on any atom is 0.241 e. The predicted molar refractivity (Wildman–Crippen MR) is 106 cm³/mol. The van der Waals surface area contributed by atoms with Gasteiger partial charge in [0.25, 0.3) is 0 Å². The first-order chi connectivity index (χ1) is 12.7. The van der Waals surface area contributed by atoms with Gasteiger partial charge < -0.3 is 15.4 Å². The summed E-state index contributed by atoms with van der Waals surface area (Å²) in [6.45, 7) is 2.79. The van der Waals surface area contributed by atoms with Gasteiger partial charge in [0.05, 0.1) is 12.6 Å². The summed E-state index contributed by atoms with van der Waals surface area (Å²) in [5.41, 5.74) is 2.11. The van der Waals surface area contributed by atoms with Crippen LogP contribution >= 0.6 is 0 Å². The molecule has 4 heteroatoms. The van der Waals surface area contributed by atoms with Crippen molar-refractivity contribution in [1.82, 2.24) is 5.32 Å². The number of anilines is 1. The van der Waals surface area contributed by atoms with Crippen molar-refractivity contribution in [2.75, 3.05) is 11.9 Å². The van der Waals surface area contributed by atoms with Crippen molar-refractivity contribution in [3.8, 4) is 5.75 Å². The number of hydrogen-bond donors (Lipinski definition) is 2. The fraction of sp³-hybridized carbons (Fsp3) is 0.409. The molecule has 0 aliphatic carbocycles. The fourth-order valence-electron chi connectivity index (χ4n) is 3.35. The maximum atomic E-state index is 12.4. The topological polar surface area (TPSA) is 50.4 Å². The first kappa shape index (κ1) is 18.5. The molecule has 1 amide bonds. The third-order valence-corrected chi connectivity index (χ3v) is 4.76. The highest BCUT2D eigenvalue weighted by molar-refractivity contribution is 5.95. The van der Waals surface area contributed by atoms with Crippen molar-refractivity contribution in [3.05, 3.63) is 60.2 Å². The molecule has 1 aliphatic heterocycles. The Bertz CT molecular complexity index is 702. The Labute approximate surface area is 156 Å². The van der Waals surface area contributed by atoms with Crippen molar-refractivity contribution in [3.63, 3.8) is 0 Å². The van der Waals surface area contributed by atoms with E-state index in [9.17, 15) is 4.79 Å². The molecule has 2 atom stereocenters. The lowest BCUT2D eigenvalue weighted by molar-refractivity contribution is -0.118. The van der Waals surface area contributed by atoms with E-state index in [1.54, 1.807) is 0 Å². The third kappa shape index (κ3) is 5.60. The third-order valence-electron chi connectivity index (χ3n) is 4.76. The first-order valence-corrected chi connectivity index (χ1v) is 9.54. The zero-order chi connectivity index (χ0) is 18.2. The second kappa shape index (κ2) is 9.39. The van der Waals surface area contributed by atoms with Crippen LogP contribution in [0.15, 0.2) is 54.6 Å². The Hall–Kier alpha value is -2.33. The molecule has 1 fully saturated rings. The molecule has 1 heterocycles. The summed E-state index contributed by atoms with van der Waals surface area (Å²) >= 11 is 0. The zero-order valence-corrected chi connectivity index (χ0v) is 15.4. The number of carbonyl (C=O) groups is 1. The van der Waals surface area contributed by atoms with E-state index in [0.717, 1.165) is 43.5 Å². The van der Waals surface area contributed by atoms with Crippen molar-refractivity contribution in [1.29, 1.82) is 0 Å². The molecule has 0 spiro atoms. The van der Waals surface area contributed by atoms with Crippen molar-refractivity contribution in [2.45, 2.75) is 51.1 Å². The largest absolute Gasteiger partial charge is 0.494 e. The van der Waals surface area contributed by atoms with Gasteiger partial charge in [-0.3, -0.25) is 4.79 Å². The van der Waals surface area contributed by atoms with Crippen LogP contribution in [-0.2, 0) is 11.2 Å². The summed E-state index contributed by atoms with van der Waals surface area (Å²) in [6.07, 6.45) is 5.09. The second-order valence-electron chi connectivity index (χ2n) is 7.01. The lowest BCUT2D eigenvalue weighted by Gasteiger charge is -2.27. The number of benzene rings is 2. The number of aryl methyl sites for hydroxylation is 1. The van der Waals surface area contributed by atoms with Crippen LogP contribution in [0.25, 0.3) is 0 Å². The zero-order valence-electron chi connectivity index (χ0n) is 15.4. The molecule has 0 aromatic heterocycles. The molecule has 2 N–H and O–H groups in total. The molecule has 3 rings (SSSR count). The van der Waals surface area contributed by atoms with Gasteiger partial charge in [0, 0.05) is 17.8 Å². The Morgan fingerprint density at radius 2 is 2.00 bits per heavy atom. The molecule has 2 aromatic carbocycles. The molecule has 2 unspecified atom stereocenters. The number of nitrogens with one attached hydrogen (secondary N) is 2. The quantitative estimate of drug-likeness (QED) is 0.736. The van der Waals surface area contributed by atoms with Crippen molar-refractivity contribution < 1.29 is 9.53 Å². The minimum atomic E-state index is -0.103. The Morgan fingerprint density at radius 1 is 1.15 bits per heavy atom. The molecule has 0 saturated carbocycles. The van der Waals surface area contributed by atoms with E-state index in [2.05, 4.69) is 41.8 Å². The smallest absolute Gasteiger partial charge is 0.241 e. The van der Waals surface area contributed by atoms with Gasteiger partial charge in [0.1, 0.15) is 5.75 Å². The van der Waals surface area contributed by atoms with Gasteiger partial charge in [-0.25, -0.2) is 0 Å². The summed E-state index contributed by atoms with van der Waals surface area (Å²) in [7, 11) is 0. The standard InChI is InChI=1S/C22H28N2O2/c1-17-8-5-14-21(23-17)22(25)24-19-12-6-13-20(16-19)26-15-7-11-18-9-3-2-4-10-18/h2-4,6,9-10,12-13,16-17,21,23H,5,7-8,11,14-15H2,1H3,(H,24,25). The fourth-order valence-corrected chi connectivity index (χ4v) is 3.35. The van der Waals surface area contributed by atoms with Gasteiger partial charge in [-0.2, -0.15) is 0 Å². The number of piperidine rings is 1. The average Bonchev–Trinajstić information content (AvgIpc) is 2.66. The van der Waals surface area contributed by atoms with E-state index < -0.39 is 0 Å². The monoisotopic (exact) mass is 352 g/mol. The summed E-state index contributed by atoms with van der Waals surface area (Å²) in [6, 6.07) is 18.4. The lowest BCUT2D eigenvalue weighted by Crippen LogP contribution is -2.47. The van der Waals surface area contributed by atoms with Crippen LogP contribution in [0.3, 0.4) is 0 Å². The summed E-state index contributed by atoms with van der Waals surface area (Å²) < 4.78 is 5.85. The molecule has 0 bridgehead atoms. The van der Waals surface area contributed by atoms with E-state index >= 15 is 0 Å². The van der Waals surface area contributed by atoms with Gasteiger partial charge in [-0.1, -0.05) is 36.4 Å². The van der Waals surface area contributed by atoms with Crippen LogP contribution in [0.5, 0.6) is 5.75 Å². The minimum absolute atomic E-state index is 0.0396. The normalized spacial score (nSPS) is 19.7. The summed E-state index contributed by atoms with van der Waals surface area (Å²) in [5, 5.41) is 6.37. The highest BCUT2D eigenvalue weighted by Crippen LogP contribution is 2.19. The molecule has 1 aliphatic rings. The van der Waals surface area contributed by atoms with Gasteiger partial charge in [0.2, 0.25) is 5.91 Å². The van der Waals surface area contributed by atoms with Gasteiger partial charge >= 0.3 is 0 Å². The van der Waals surface area contributed by atoms with Gasteiger partial charge in [0.15, 0.2) is 0 Å². The second-order valence-corrected chi connectivity index (χ2v) is 7.01. The van der Waals surface area contributed by atoms with E-state index in [1.165, 1.54) is 5.56 Å². The van der Waals surface area contributed by atoms with E-state index in [4.69, 9.17) is 4.74 Å². The first-order valence-electron chi connectivity index (χ1n) is 9.54. The summed E-state index contributed by atoms with van der Waals surface area (Å²) in [5.74, 6) is 0.832. The number of carbonyl (C=O) groups excluding carboxylic acids is 1. The van der Waals surface area contributed by atoms with Gasteiger partial charge in [-0.15, -0.1) is 0 Å². The molecule has 1 saturated heterocycles. The van der Waals surface area contributed by atoms with E-state index in [1.807, 2.05) is 30.3 Å². The number of rotatable bonds is 7. The average molecular weight is 352 g/mol. The van der Waals surface area contributed by atoms with E-state index in [0.29, 0.717) is 12.6 Å². The molecular formula is C22H28N2O2. The molecule has 0 radical (unpaired) electrons. The molecule has 2 aromatic rings. The Balaban J connectivity index is 1.46. The Morgan fingerprint density at radius 3 is 2.81 bits per heavy atom. The number of amides is 1. The van der Waals surface area contributed by atoms with Crippen LogP contribution < -0.4 is 15.4 Å². The molecule has 4 nitrogen and oxygen atoms in total. The molecule has 138 valence electrons. The number of ether oxygens (including phenoxy) is 1. The lowest BCUT2D eigenvalue weighted by atomic mass is 9.99.